The maximum absolute atomic E-state index is 4.05. The minimum atomic E-state index is 0.395. The molecule has 3 rings (SSSR count). The van der Waals surface area contributed by atoms with Gasteiger partial charge in [-0.15, -0.1) is 10.2 Å². The highest BCUT2D eigenvalue weighted by atomic mass is 15.3. The van der Waals surface area contributed by atoms with Crippen LogP contribution in [0.25, 0.3) is 0 Å². The van der Waals surface area contributed by atoms with Crippen molar-refractivity contribution >= 4 is 0 Å². The zero-order valence-electron chi connectivity index (χ0n) is 7.20. The average Bonchev–Trinajstić information content (AvgIpc) is 2.65. The highest BCUT2D eigenvalue weighted by Crippen LogP contribution is 2.29. The Morgan fingerprint density at radius 2 is 2.38 bits per heavy atom. The smallest absolute Gasteiger partial charge is 0.0713 e. The van der Waals surface area contributed by atoms with Crippen molar-refractivity contribution in [3.8, 4) is 0 Å². The average molecular weight is 177 g/mol. The number of nitrogens with one attached hydrogen (secondary N) is 2. The van der Waals surface area contributed by atoms with Crippen LogP contribution in [0, 0.1) is 0 Å². The number of aryl methyl sites for hydroxylation is 1. The Hall–Kier alpha value is -1.07. The molecule has 1 aliphatic heterocycles. The standard InChI is InChI=1S/C8H11N5/c1-2-7-8(10-4-9-7)5-3-11-13-12-6(1)5/h3,7-10H,1-2,4H2. The summed E-state index contributed by atoms with van der Waals surface area (Å²) in [6, 6.07) is 0.949. The Morgan fingerprint density at radius 3 is 3.38 bits per heavy atom. The Labute approximate surface area is 75.9 Å². The lowest BCUT2D eigenvalue weighted by molar-refractivity contribution is 0.452. The lowest BCUT2D eigenvalue weighted by Crippen LogP contribution is -2.32. The SMILES string of the molecule is c1nnnc2c1C1NCNC1CC2. The Morgan fingerprint density at radius 1 is 1.38 bits per heavy atom. The molecule has 0 radical (unpaired) electrons. The van der Waals surface area contributed by atoms with E-state index in [1.54, 1.807) is 0 Å². The molecule has 0 amide bonds. The Balaban J connectivity index is 2.06. The highest BCUT2D eigenvalue weighted by molar-refractivity contribution is 5.26. The van der Waals surface area contributed by atoms with Gasteiger partial charge in [-0.1, -0.05) is 0 Å². The van der Waals surface area contributed by atoms with Crippen molar-refractivity contribution < 1.29 is 0 Å². The maximum Gasteiger partial charge on any atom is 0.0713 e. The normalized spacial score (nSPS) is 31.1. The summed E-state index contributed by atoms with van der Waals surface area (Å²) in [5, 5.41) is 18.4. The molecule has 2 unspecified atom stereocenters. The van der Waals surface area contributed by atoms with Crippen LogP contribution in [0.15, 0.2) is 6.20 Å². The molecule has 0 aromatic carbocycles. The number of aromatic nitrogens is 3. The summed E-state index contributed by atoms with van der Waals surface area (Å²) in [4.78, 5) is 0. The van der Waals surface area contributed by atoms with Crippen molar-refractivity contribution in [3.63, 3.8) is 0 Å². The molecule has 1 fully saturated rings. The van der Waals surface area contributed by atoms with Crippen LogP contribution >= 0.6 is 0 Å². The summed E-state index contributed by atoms with van der Waals surface area (Å²) >= 11 is 0. The molecule has 2 heterocycles. The third-order valence-electron chi connectivity index (χ3n) is 2.86. The van der Waals surface area contributed by atoms with Crippen LogP contribution in [-0.2, 0) is 6.42 Å². The van der Waals surface area contributed by atoms with Crippen molar-refractivity contribution in [2.24, 2.45) is 0 Å². The van der Waals surface area contributed by atoms with E-state index in [1.807, 2.05) is 6.20 Å². The van der Waals surface area contributed by atoms with E-state index in [1.165, 1.54) is 5.56 Å². The molecule has 0 spiro atoms. The summed E-state index contributed by atoms with van der Waals surface area (Å²) in [6.07, 6.45) is 3.99. The van der Waals surface area contributed by atoms with Gasteiger partial charge in [-0.05, 0) is 18.1 Å². The summed E-state index contributed by atoms with van der Waals surface area (Å²) in [6.45, 7) is 0.886. The van der Waals surface area contributed by atoms with E-state index in [0.29, 0.717) is 12.1 Å². The largest absolute Gasteiger partial charge is 0.300 e. The zero-order valence-corrected chi connectivity index (χ0v) is 7.20. The molecule has 5 nitrogen and oxygen atoms in total. The second kappa shape index (κ2) is 2.71. The van der Waals surface area contributed by atoms with Crippen LogP contribution in [0.5, 0.6) is 0 Å². The number of hydrogen-bond donors (Lipinski definition) is 2. The molecular weight excluding hydrogens is 166 g/mol. The van der Waals surface area contributed by atoms with Gasteiger partial charge >= 0.3 is 0 Å². The molecule has 68 valence electrons. The molecule has 2 N–H and O–H groups in total. The fraction of sp³-hybridized carbons (Fsp3) is 0.625. The second-order valence-corrected chi connectivity index (χ2v) is 3.54. The second-order valence-electron chi connectivity index (χ2n) is 3.54. The van der Waals surface area contributed by atoms with E-state index < -0.39 is 0 Å². The topological polar surface area (TPSA) is 62.7 Å². The first kappa shape index (κ1) is 7.34. The Kier molecular flexibility index (Phi) is 1.53. The quantitative estimate of drug-likeness (QED) is 0.553. The van der Waals surface area contributed by atoms with Gasteiger partial charge in [0.1, 0.15) is 0 Å². The number of rotatable bonds is 0. The van der Waals surface area contributed by atoms with Crippen molar-refractivity contribution in [1.82, 2.24) is 26.0 Å². The summed E-state index contributed by atoms with van der Waals surface area (Å²) in [7, 11) is 0. The van der Waals surface area contributed by atoms with Crippen LogP contribution in [0.2, 0.25) is 0 Å². The molecule has 0 bridgehead atoms. The predicted molar refractivity (Wildman–Crippen MR) is 45.8 cm³/mol. The first-order chi connectivity index (χ1) is 6.45. The number of nitrogens with zero attached hydrogens (tertiary/aromatic N) is 3. The van der Waals surface area contributed by atoms with Crippen molar-refractivity contribution in [2.75, 3.05) is 6.67 Å². The zero-order chi connectivity index (χ0) is 8.67. The minimum absolute atomic E-state index is 0.395. The fourth-order valence-electron chi connectivity index (χ4n) is 2.20. The lowest BCUT2D eigenvalue weighted by atomic mass is 9.89. The van der Waals surface area contributed by atoms with Gasteiger partial charge in [0.05, 0.1) is 17.9 Å². The molecule has 1 aliphatic carbocycles. The van der Waals surface area contributed by atoms with Gasteiger partial charge in [0, 0.05) is 18.3 Å². The van der Waals surface area contributed by atoms with E-state index >= 15 is 0 Å². The Bertz CT molecular complexity index is 326. The lowest BCUT2D eigenvalue weighted by Gasteiger charge is -2.25. The third-order valence-corrected chi connectivity index (χ3v) is 2.86. The van der Waals surface area contributed by atoms with Gasteiger partial charge in [0.25, 0.3) is 0 Å². The van der Waals surface area contributed by atoms with Gasteiger partial charge in [0.15, 0.2) is 0 Å². The van der Waals surface area contributed by atoms with Gasteiger partial charge < -0.3 is 0 Å². The van der Waals surface area contributed by atoms with Crippen molar-refractivity contribution in [3.05, 3.63) is 17.5 Å². The molecule has 2 atom stereocenters. The van der Waals surface area contributed by atoms with Gasteiger partial charge in [-0.3, -0.25) is 10.6 Å². The van der Waals surface area contributed by atoms with Crippen LogP contribution in [-0.4, -0.2) is 28.1 Å². The summed E-state index contributed by atoms with van der Waals surface area (Å²) < 4.78 is 0. The first-order valence-corrected chi connectivity index (χ1v) is 4.59. The summed E-state index contributed by atoms with van der Waals surface area (Å²) in [5.41, 5.74) is 2.32. The molecule has 13 heavy (non-hydrogen) atoms. The van der Waals surface area contributed by atoms with Gasteiger partial charge in [0.2, 0.25) is 0 Å². The van der Waals surface area contributed by atoms with Gasteiger partial charge in [-0.2, -0.15) is 0 Å². The highest BCUT2D eigenvalue weighted by Gasteiger charge is 2.33. The van der Waals surface area contributed by atoms with E-state index in [0.717, 1.165) is 25.2 Å². The third kappa shape index (κ3) is 1.04. The molecule has 1 aromatic heterocycles. The number of fused-ring (bicyclic) bond motifs is 3. The van der Waals surface area contributed by atoms with Crippen molar-refractivity contribution in [1.29, 1.82) is 0 Å². The molecule has 2 aliphatic rings. The van der Waals surface area contributed by atoms with Crippen molar-refractivity contribution in [2.45, 2.75) is 24.9 Å². The first-order valence-electron chi connectivity index (χ1n) is 4.59. The van der Waals surface area contributed by atoms with Crippen LogP contribution in [0.3, 0.4) is 0 Å². The molecule has 1 saturated heterocycles. The van der Waals surface area contributed by atoms with E-state index in [-0.39, 0.29) is 0 Å². The van der Waals surface area contributed by atoms with Crippen LogP contribution in [0.1, 0.15) is 23.7 Å². The minimum Gasteiger partial charge on any atom is -0.300 e. The molecule has 1 aromatic rings. The van der Waals surface area contributed by atoms with Gasteiger partial charge in [-0.25, -0.2) is 0 Å². The van der Waals surface area contributed by atoms with E-state index in [2.05, 4.69) is 26.0 Å². The maximum atomic E-state index is 4.05. The number of hydrogen-bond acceptors (Lipinski definition) is 5. The molecular formula is C8H11N5. The monoisotopic (exact) mass is 177 g/mol. The van der Waals surface area contributed by atoms with Crippen LogP contribution < -0.4 is 10.6 Å². The van der Waals surface area contributed by atoms with E-state index in [9.17, 15) is 0 Å². The van der Waals surface area contributed by atoms with E-state index in [4.69, 9.17) is 0 Å². The fourth-order valence-corrected chi connectivity index (χ4v) is 2.20. The predicted octanol–water partition coefficient (Wildman–Crippen LogP) is -0.622. The van der Waals surface area contributed by atoms with Crippen LogP contribution in [0.4, 0.5) is 0 Å². The summed E-state index contributed by atoms with van der Waals surface area (Å²) in [5.74, 6) is 0. The molecule has 0 saturated carbocycles. The molecule has 5 heteroatoms.